The number of halogens is 1. The van der Waals surface area contributed by atoms with Crippen LogP contribution >= 0.6 is 0 Å². The topological polar surface area (TPSA) is 90.1 Å². The average molecular weight is 394 g/mol. The summed E-state index contributed by atoms with van der Waals surface area (Å²) in [6.07, 6.45) is 7.15. The molecule has 1 unspecified atom stereocenters. The Balaban J connectivity index is 1.30. The second kappa shape index (κ2) is 7.27. The number of nitrogens with one attached hydrogen (secondary N) is 1. The first-order valence-electron chi connectivity index (χ1n) is 9.71. The van der Waals surface area contributed by atoms with Crippen molar-refractivity contribution >= 4 is 5.91 Å². The largest absolute Gasteiger partial charge is 0.487 e. The summed E-state index contributed by atoms with van der Waals surface area (Å²) in [6, 6.07) is 4.52. The molecule has 0 saturated carbocycles. The first-order valence-corrected chi connectivity index (χ1v) is 9.71. The average Bonchev–Trinajstić information content (AvgIpc) is 3.36. The smallest absolute Gasteiger partial charge is 0.290 e. The van der Waals surface area contributed by atoms with Crippen molar-refractivity contribution in [1.29, 1.82) is 0 Å². The predicted octanol–water partition coefficient (Wildman–Crippen LogP) is 2.88. The molecule has 2 aromatic heterocycles. The third kappa shape index (κ3) is 3.35. The second-order valence-electron chi connectivity index (χ2n) is 7.31. The van der Waals surface area contributed by atoms with Gasteiger partial charge in [-0.1, -0.05) is 5.16 Å². The van der Waals surface area contributed by atoms with Gasteiger partial charge in [-0.3, -0.25) is 4.79 Å². The lowest BCUT2D eigenvalue weighted by molar-refractivity contribution is 0.0895. The lowest BCUT2D eigenvalue weighted by Crippen LogP contribution is -2.34. The van der Waals surface area contributed by atoms with Crippen molar-refractivity contribution in [3.05, 3.63) is 59.0 Å². The van der Waals surface area contributed by atoms with Crippen molar-refractivity contribution in [1.82, 2.24) is 20.4 Å². The number of rotatable bonds is 4. The van der Waals surface area contributed by atoms with Gasteiger partial charge in [-0.2, -0.15) is 0 Å². The molecule has 0 fully saturated rings. The van der Waals surface area contributed by atoms with Gasteiger partial charge in [0.25, 0.3) is 5.91 Å². The normalized spacial score (nSPS) is 17.3. The van der Waals surface area contributed by atoms with Crippen LogP contribution in [0.25, 0.3) is 11.4 Å². The molecule has 0 saturated heterocycles. The highest BCUT2D eigenvalue weighted by molar-refractivity contribution is 5.93. The molecule has 1 N–H and O–H groups in total. The van der Waals surface area contributed by atoms with Crippen LogP contribution in [-0.2, 0) is 19.3 Å². The van der Waals surface area contributed by atoms with E-state index in [9.17, 15) is 9.18 Å². The zero-order valence-corrected chi connectivity index (χ0v) is 15.7. The monoisotopic (exact) mass is 394 g/mol. The van der Waals surface area contributed by atoms with E-state index >= 15 is 0 Å². The molecule has 1 aromatic carbocycles. The summed E-state index contributed by atoms with van der Waals surface area (Å²) in [6.45, 7) is 0.277. The number of aromatic nitrogens is 3. The molecule has 148 valence electrons. The Labute approximate surface area is 166 Å². The number of hydrogen-bond acceptors (Lipinski definition) is 6. The number of carbonyl (C=O) groups excluding carboxylic acids is 1. The highest BCUT2D eigenvalue weighted by Gasteiger charge is 2.29. The van der Waals surface area contributed by atoms with Crippen LogP contribution in [0.1, 0.15) is 40.2 Å². The van der Waals surface area contributed by atoms with E-state index in [0.717, 1.165) is 42.5 Å². The number of nitrogens with zero attached hydrogens (tertiary/aromatic N) is 3. The highest BCUT2D eigenvalue weighted by Crippen LogP contribution is 2.38. The van der Waals surface area contributed by atoms with Crippen LogP contribution in [0.2, 0.25) is 0 Å². The Morgan fingerprint density at radius 1 is 1.21 bits per heavy atom. The summed E-state index contributed by atoms with van der Waals surface area (Å²) >= 11 is 0. The standard InChI is InChI=1S/C21H19FN4O3/c22-13-8-12-9-14(28-18(12)16(10-13)20-23-6-3-7-24-20)11-25-21(27)19-15-4-1-2-5-17(15)26-29-19/h3,6-8,10,14H,1-2,4-5,9,11H2,(H,25,27). The minimum Gasteiger partial charge on any atom is -0.487 e. The maximum atomic E-state index is 14.1. The molecule has 3 heterocycles. The maximum Gasteiger partial charge on any atom is 0.290 e. The molecular weight excluding hydrogens is 375 g/mol. The van der Waals surface area contributed by atoms with Gasteiger partial charge in [0.2, 0.25) is 5.76 Å². The molecule has 29 heavy (non-hydrogen) atoms. The molecule has 3 aromatic rings. The van der Waals surface area contributed by atoms with E-state index in [1.165, 1.54) is 12.1 Å². The predicted molar refractivity (Wildman–Crippen MR) is 101 cm³/mol. The van der Waals surface area contributed by atoms with Gasteiger partial charge in [0.05, 0.1) is 17.8 Å². The summed E-state index contributed by atoms with van der Waals surface area (Å²) in [4.78, 5) is 21.0. The maximum absolute atomic E-state index is 14.1. The van der Waals surface area contributed by atoms with Crippen molar-refractivity contribution in [2.45, 2.75) is 38.2 Å². The summed E-state index contributed by atoms with van der Waals surface area (Å²) < 4.78 is 25.4. The van der Waals surface area contributed by atoms with Gasteiger partial charge in [-0.15, -0.1) is 0 Å². The first-order chi connectivity index (χ1) is 14.2. The van der Waals surface area contributed by atoms with Crippen molar-refractivity contribution in [3.8, 4) is 17.1 Å². The number of benzene rings is 1. The minimum absolute atomic E-state index is 0.277. The van der Waals surface area contributed by atoms with E-state index in [0.29, 0.717) is 29.3 Å². The molecule has 0 bridgehead atoms. The van der Waals surface area contributed by atoms with E-state index in [2.05, 4.69) is 20.4 Å². The fourth-order valence-corrected chi connectivity index (χ4v) is 3.97. The molecule has 1 atom stereocenters. The Morgan fingerprint density at radius 3 is 2.90 bits per heavy atom. The van der Waals surface area contributed by atoms with Gasteiger partial charge >= 0.3 is 0 Å². The number of fused-ring (bicyclic) bond motifs is 2. The SMILES string of the molecule is O=C(NCC1Cc2cc(F)cc(-c3ncccn3)c2O1)c1onc2c1CCCC2. The van der Waals surface area contributed by atoms with Gasteiger partial charge < -0.3 is 14.6 Å². The van der Waals surface area contributed by atoms with Crippen molar-refractivity contribution in [2.24, 2.45) is 0 Å². The van der Waals surface area contributed by atoms with Crippen LogP contribution in [-0.4, -0.2) is 33.7 Å². The number of hydrogen-bond donors (Lipinski definition) is 1. The number of aryl methyl sites for hydroxylation is 1. The molecule has 0 spiro atoms. The van der Waals surface area contributed by atoms with E-state index in [-0.39, 0.29) is 24.4 Å². The Kier molecular flexibility index (Phi) is 4.46. The number of ether oxygens (including phenoxy) is 1. The van der Waals surface area contributed by atoms with E-state index < -0.39 is 0 Å². The second-order valence-corrected chi connectivity index (χ2v) is 7.31. The fraction of sp³-hybridized carbons (Fsp3) is 0.333. The first kappa shape index (κ1) is 17.8. The van der Waals surface area contributed by atoms with Crippen LogP contribution in [0.4, 0.5) is 4.39 Å². The highest BCUT2D eigenvalue weighted by atomic mass is 19.1. The molecule has 1 aliphatic carbocycles. The van der Waals surface area contributed by atoms with Gasteiger partial charge in [0.15, 0.2) is 5.82 Å². The summed E-state index contributed by atoms with van der Waals surface area (Å²) in [5, 5.41) is 6.89. The lowest BCUT2D eigenvalue weighted by Gasteiger charge is -2.13. The molecule has 1 aliphatic heterocycles. The molecule has 8 heteroatoms. The van der Waals surface area contributed by atoms with Gasteiger partial charge in [-0.25, -0.2) is 14.4 Å². The summed E-state index contributed by atoms with van der Waals surface area (Å²) in [5.74, 6) is 0.598. The number of amides is 1. The molecule has 1 amide bonds. The number of carbonyl (C=O) groups is 1. The van der Waals surface area contributed by atoms with E-state index in [1.807, 2.05) is 0 Å². The quantitative estimate of drug-likeness (QED) is 0.732. The van der Waals surface area contributed by atoms with Crippen LogP contribution in [0.15, 0.2) is 35.1 Å². The van der Waals surface area contributed by atoms with E-state index in [4.69, 9.17) is 9.26 Å². The fourth-order valence-electron chi connectivity index (χ4n) is 3.97. The van der Waals surface area contributed by atoms with Crippen LogP contribution in [0.3, 0.4) is 0 Å². The zero-order valence-electron chi connectivity index (χ0n) is 15.7. The van der Waals surface area contributed by atoms with Gasteiger partial charge in [-0.05, 0) is 43.9 Å². The Bertz CT molecular complexity index is 1070. The van der Waals surface area contributed by atoms with Crippen LogP contribution < -0.4 is 10.1 Å². The van der Waals surface area contributed by atoms with Gasteiger partial charge in [0, 0.05) is 29.9 Å². The van der Waals surface area contributed by atoms with Crippen molar-refractivity contribution in [2.75, 3.05) is 6.54 Å². The minimum atomic E-state index is -0.368. The molecule has 5 rings (SSSR count). The zero-order chi connectivity index (χ0) is 19.8. The lowest BCUT2D eigenvalue weighted by atomic mass is 9.96. The van der Waals surface area contributed by atoms with Gasteiger partial charge in [0.1, 0.15) is 17.7 Å². The third-order valence-corrected chi connectivity index (χ3v) is 5.33. The van der Waals surface area contributed by atoms with Crippen LogP contribution in [0.5, 0.6) is 5.75 Å². The van der Waals surface area contributed by atoms with E-state index in [1.54, 1.807) is 18.5 Å². The Morgan fingerprint density at radius 2 is 2.03 bits per heavy atom. The van der Waals surface area contributed by atoms with Crippen LogP contribution in [0, 0.1) is 5.82 Å². The van der Waals surface area contributed by atoms with Crippen molar-refractivity contribution < 1.29 is 18.4 Å². The summed E-state index contributed by atoms with van der Waals surface area (Å²) in [5.41, 5.74) is 3.05. The molecular formula is C21H19FN4O3. The summed E-state index contributed by atoms with van der Waals surface area (Å²) in [7, 11) is 0. The molecule has 7 nitrogen and oxygen atoms in total. The third-order valence-electron chi connectivity index (χ3n) is 5.33. The Hall–Kier alpha value is -3.29. The molecule has 2 aliphatic rings. The van der Waals surface area contributed by atoms with Crippen molar-refractivity contribution in [3.63, 3.8) is 0 Å². The molecule has 0 radical (unpaired) electrons.